The first-order valence-electron chi connectivity index (χ1n) is 10.1. The molecule has 5 N–H and O–H groups in total. The first-order chi connectivity index (χ1) is 13.7. The first-order valence-corrected chi connectivity index (χ1v) is 10.1. The molecule has 0 radical (unpaired) electrons. The number of amides is 1. The number of primary amides is 1. The fraction of sp³-hybridized carbons (Fsp3) is 0.737. The highest BCUT2D eigenvalue weighted by molar-refractivity contribution is 5.97. The zero-order valence-corrected chi connectivity index (χ0v) is 16.5. The molecule has 0 bridgehead atoms. The van der Waals surface area contributed by atoms with Gasteiger partial charge in [0, 0.05) is 18.3 Å². The monoisotopic (exact) mass is 413 g/mol. The number of alkyl halides is 2. The number of halogens is 2. The van der Waals surface area contributed by atoms with E-state index in [1.54, 1.807) is 6.92 Å². The number of nitrogens with one attached hydrogen (secondary N) is 2. The van der Waals surface area contributed by atoms with E-state index < -0.39 is 24.2 Å². The second kappa shape index (κ2) is 9.17. The highest BCUT2D eigenvalue weighted by Gasteiger charge is 2.31. The molecule has 2 aliphatic carbocycles. The van der Waals surface area contributed by atoms with Gasteiger partial charge in [0.1, 0.15) is 5.82 Å². The van der Waals surface area contributed by atoms with Crippen LogP contribution in [0.3, 0.4) is 0 Å². The molecule has 2 atom stereocenters. The summed E-state index contributed by atoms with van der Waals surface area (Å²) in [6.07, 6.45) is 6.35. The van der Waals surface area contributed by atoms with Gasteiger partial charge in [0.15, 0.2) is 0 Å². The molecule has 2 aliphatic rings. The standard InChI is InChI=1S/C19H29F2N5O3/c1-19(28)8-2-3-12(9-19)24-16-14(15(22)27)10-23-18(26-16)25-11-4-6-13(7-5-11)29-17(20)21/h10-13,17,28H,2-9H2,1H3,(H2,22,27)(H2,23,24,25,26)/t11-,12-,13-,19+/m1/s1. The third-order valence-corrected chi connectivity index (χ3v) is 5.65. The first kappa shape index (κ1) is 21.6. The van der Waals surface area contributed by atoms with Gasteiger partial charge in [-0.3, -0.25) is 4.79 Å². The molecule has 1 amide bonds. The third kappa shape index (κ3) is 6.20. The van der Waals surface area contributed by atoms with E-state index in [0.717, 1.165) is 19.3 Å². The van der Waals surface area contributed by atoms with Crippen molar-refractivity contribution in [3.63, 3.8) is 0 Å². The Morgan fingerprint density at radius 2 is 2.00 bits per heavy atom. The van der Waals surface area contributed by atoms with Crippen LogP contribution in [0.25, 0.3) is 0 Å². The molecule has 0 spiro atoms. The van der Waals surface area contributed by atoms with Gasteiger partial charge in [-0.1, -0.05) is 0 Å². The van der Waals surface area contributed by atoms with Crippen molar-refractivity contribution in [3.8, 4) is 0 Å². The molecule has 162 valence electrons. The normalized spacial score (nSPS) is 30.2. The number of ether oxygens (including phenoxy) is 1. The number of hydrogen-bond donors (Lipinski definition) is 4. The van der Waals surface area contributed by atoms with Crippen LogP contribution in [0.2, 0.25) is 0 Å². The predicted molar refractivity (Wildman–Crippen MR) is 104 cm³/mol. The van der Waals surface area contributed by atoms with Gasteiger partial charge < -0.3 is 26.2 Å². The van der Waals surface area contributed by atoms with Gasteiger partial charge in [-0.15, -0.1) is 0 Å². The number of rotatable bonds is 7. The predicted octanol–water partition coefficient (Wildman–Crippen LogP) is 2.64. The fourth-order valence-electron chi connectivity index (χ4n) is 4.19. The number of anilines is 2. The molecular formula is C19H29F2N5O3. The van der Waals surface area contributed by atoms with Crippen molar-refractivity contribution in [1.82, 2.24) is 9.97 Å². The van der Waals surface area contributed by atoms with Crippen LogP contribution in [0, 0.1) is 0 Å². The molecule has 2 saturated carbocycles. The Labute approximate surface area is 168 Å². The lowest BCUT2D eigenvalue weighted by atomic mass is 9.83. The van der Waals surface area contributed by atoms with Crippen LogP contribution < -0.4 is 16.4 Å². The third-order valence-electron chi connectivity index (χ3n) is 5.65. The van der Waals surface area contributed by atoms with E-state index in [9.17, 15) is 18.7 Å². The van der Waals surface area contributed by atoms with Gasteiger partial charge in [0.2, 0.25) is 5.95 Å². The second-order valence-electron chi connectivity index (χ2n) is 8.27. The molecule has 1 aromatic heterocycles. The Hall–Kier alpha value is -2.07. The Bertz CT molecular complexity index is 711. The highest BCUT2D eigenvalue weighted by atomic mass is 19.3. The van der Waals surface area contributed by atoms with Crippen LogP contribution in [0.15, 0.2) is 6.20 Å². The molecule has 29 heavy (non-hydrogen) atoms. The van der Waals surface area contributed by atoms with E-state index >= 15 is 0 Å². The lowest BCUT2D eigenvalue weighted by molar-refractivity contribution is -0.169. The zero-order chi connectivity index (χ0) is 21.0. The van der Waals surface area contributed by atoms with Crippen molar-refractivity contribution >= 4 is 17.7 Å². The van der Waals surface area contributed by atoms with Crippen molar-refractivity contribution in [1.29, 1.82) is 0 Å². The minimum absolute atomic E-state index is 0.0264. The average molecular weight is 413 g/mol. The van der Waals surface area contributed by atoms with E-state index in [-0.39, 0.29) is 17.6 Å². The molecule has 1 aromatic rings. The summed E-state index contributed by atoms with van der Waals surface area (Å²) in [6, 6.07) is 0.0109. The maximum absolute atomic E-state index is 12.3. The number of hydrogen-bond acceptors (Lipinski definition) is 7. The van der Waals surface area contributed by atoms with Crippen LogP contribution in [0.5, 0.6) is 0 Å². The number of nitrogens with two attached hydrogens (primary N) is 1. The van der Waals surface area contributed by atoms with Gasteiger partial charge in [-0.2, -0.15) is 13.8 Å². The number of aromatic nitrogens is 2. The molecule has 0 saturated heterocycles. The van der Waals surface area contributed by atoms with Crippen molar-refractivity contribution in [2.24, 2.45) is 5.73 Å². The quantitative estimate of drug-likeness (QED) is 0.542. The Kier molecular flexibility index (Phi) is 6.84. The van der Waals surface area contributed by atoms with E-state index in [1.807, 2.05) is 0 Å². The summed E-state index contributed by atoms with van der Waals surface area (Å²) in [6.45, 7) is -0.944. The minimum atomic E-state index is -2.75. The van der Waals surface area contributed by atoms with Crippen molar-refractivity contribution in [2.45, 2.75) is 88.7 Å². The van der Waals surface area contributed by atoms with Crippen molar-refractivity contribution < 1.29 is 23.4 Å². The maximum Gasteiger partial charge on any atom is 0.345 e. The lowest BCUT2D eigenvalue weighted by Crippen LogP contribution is -2.38. The van der Waals surface area contributed by atoms with Gasteiger partial charge in [-0.05, 0) is 58.3 Å². The summed E-state index contributed by atoms with van der Waals surface area (Å²) in [5, 5.41) is 16.8. The summed E-state index contributed by atoms with van der Waals surface area (Å²) < 4.78 is 29.2. The topological polar surface area (TPSA) is 122 Å². The SMILES string of the molecule is C[C@]1(O)CCC[C@@H](Nc2nc(N[C@H]3CC[C@H](OC(F)F)CC3)ncc2C(N)=O)C1. The summed E-state index contributed by atoms with van der Waals surface area (Å²) in [5.41, 5.74) is 4.89. The molecule has 10 heteroatoms. The zero-order valence-electron chi connectivity index (χ0n) is 16.5. The molecular weight excluding hydrogens is 384 g/mol. The minimum Gasteiger partial charge on any atom is -0.390 e. The molecule has 0 aromatic carbocycles. The number of carbonyl (C=O) groups excluding carboxylic acids is 1. The molecule has 2 fully saturated rings. The summed E-state index contributed by atoms with van der Waals surface area (Å²) in [4.78, 5) is 20.4. The van der Waals surface area contributed by atoms with E-state index in [0.29, 0.717) is 43.9 Å². The van der Waals surface area contributed by atoms with Gasteiger partial charge in [0.05, 0.1) is 17.3 Å². The smallest absolute Gasteiger partial charge is 0.345 e. The van der Waals surface area contributed by atoms with E-state index in [4.69, 9.17) is 5.73 Å². The summed E-state index contributed by atoms with van der Waals surface area (Å²) in [5.74, 6) is 0.0528. The van der Waals surface area contributed by atoms with Crippen LogP contribution in [-0.4, -0.2) is 51.4 Å². The number of nitrogens with zero attached hydrogens (tertiary/aromatic N) is 2. The maximum atomic E-state index is 12.3. The van der Waals surface area contributed by atoms with Crippen LogP contribution >= 0.6 is 0 Å². The fourth-order valence-corrected chi connectivity index (χ4v) is 4.19. The molecule has 8 nitrogen and oxygen atoms in total. The molecule has 0 aliphatic heterocycles. The van der Waals surface area contributed by atoms with Gasteiger partial charge in [-0.25, -0.2) is 4.98 Å². The largest absolute Gasteiger partial charge is 0.390 e. The summed E-state index contributed by atoms with van der Waals surface area (Å²) >= 11 is 0. The Morgan fingerprint density at radius 3 is 2.62 bits per heavy atom. The van der Waals surface area contributed by atoms with Crippen LogP contribution in [0.1, 0.15) is 68.6 Å². The molecule has 3 rings (SSSR count). The Balaban J connectivity index is 1.65. The number of carbonyl (C=O) groups is 1. The van der Waals surface area contributed by atoms with Crippen LogP contribution in [0.4, 0.5) is 20.5 Å². The second-order valence-corrected chi connectivity index (χ2v) is 8.27. The van der Waals surface area contributed by atoms with Crippen molar-refractivity contribution in [3.05, 3.63) is 11.8 Å². The highest BCUT2D eigenvalue weighted by Crippen LogP contribution is 2.30. The van der Waals surface area contributed by atoms with Gasteiger partial charge >= 0.3 is 6.61 Å². The van der Waals surface area contributed by atoms with Crippen LogP contribution in [-0.2, 0) is 4.74 Å². The van der Waals surface area contributed by atoms with E-state index in [1.165, 1.54) is 6.20 Å². The summed E-state index contributed by atoms with van der Waals surface area (Å²) in [7, 11) is 0. The molecule has 0 unspecified atom stereocenters. The van der Waals surface area contributed by atoms with Crippen molar-refractivity contribution in [2.75, 3.05) is 10.6 Å². The Morgan fingerprint density at radius 1 is 1.28 bits per heavy atom. The lowest BCUT2D eigenvalue weighted by Gasteiger charge is -2.34. The average Bonchev–Trinajstić information content (AvgIpc) is 2.62. The van der Waals surface area contributed by atoms with Gasteiger partial charge in [0.25, 0.3) is 5.91 Å². The number of aliphatic hydroxyl groups is 1. The van der Waals surface area contributed by atoms with E-state index in [2.05, 4.69) is 25.3 Å². The molecule has 1 heterocycles.